The first-order chi connectivity index (χ1) is 25.3. The highest BCUT2D eigenvalue weighted by molar-refractivity contribution is 7.99. The summed E-state index contributed by atoms with van der Waals surface area (Å²) in [7, 11) is 0. The largest absolute Gasteiger partial charge is 0.465 e. The minimum absolute atomic E-state index is 0.156. The van der Waals surface area contributed by atoms with Crippen LogP contribution in [0.2, 0.25) is 0 Å². The molecule has 2 heterocycles. The van der Waals surface area contributed by atoms with Gasteiger partial charge in [0.05, 0.1) is 12.6 Å². The summed E-state index contributed by atoms with van der Waals surface area (Å²) in [5.41, 5.74) is 14.1. The maximum absolute atomic E-state index is 12.7. The van der Waals surface area contributed by atoms with Crippen molar-refractivity contribution in [2.24, 2.45) is 5.73 Å². The highest BCUT2D eigenvalue weighted by Gasteiger charge is 2.16. The number of ether oxygens (including phenoxy) is 1. The third-order valence-corrected chi connectivity index (χ3v) is 10.2. The molecule has 0 aliphatic rings. The lowest BCUT2D eigenvalue weighted by molar-refractivity contribution is -0.143. The van der Waals surface area contributed by atoms with Gasteiger partial charge in [-0.25, -0.2) is 4.79 Å². The molecule has 0 aliphatic heterocycles. The second-order valence-corrected chi connectivity index (χ2v) is 14.9. The summed E-state index contributed by atoms with van der Waals surface area (Å²) in [5, 5.41) is 6.00. The van der Waals surface area contributed by atoms with Crippen molar-refractivity contribution in [3.8, 4) is 0 Å². The van der Waals surface area contributed by atoms with E-state index in [2.05, 4.69) is 39.4 Å². The second-order valence-electron chi connectivity index (χ2n) is 13.7. The van der Waals surface area contributed by atoms with E-state index in [1.807, 2.05) is 12.1 Å². The van der Waals surface area contributed by atoms with Crippen LogP contribution in [-0.2, 0) is 20.9 Å². The number of anilines is 3. The average Bonchev–Trinajstić information content (AvgIpc) is 3.45. The highest BCUT2D eigenvalue weighted by atomic mass is 32.2. The monoisotopic (exact) mass is 740 g/mol. The molecule has 0 unspecified atom stereocenters. The van der Waals surface area contributed by atoms with Gasteiger partial charge in [0.2, 0.25) is 11.9 Å². The Morgan fingerprint density at radius 1 is 0.865 bits per heavy atom. The molecule has 7 N–H and O–H groups in total. The topological polar surface area (TPSA) is 183 Å². The number of carbonyl (C=O) groups excluding carboxylic acids is 2. The summed E-state index contributed by atoms with van der Waals surface area (Å²) in [5.74, 6) is 1.12. The number of aromatic amines is 1. The molecule has 52 heavy (non-hydrogen) atoms. The molecule has 13 heteroatoms. The smallest absolute Gasteiger partial charge is 0.328 e. The zero-order valence-electron chi connectivity index (χ0n) is 31.7. The molecule has 0 aliphatic carbocycles. The number of hydrogen-bond acceptors (Lipinski definition) is 10. The van der Waals surface area contributed by atoms with E-state index < -0.39 is 6.04 Å². The van der Waals surface area contributed by atoms with E-state index in [1.54, 1.807) is 12.1 Å². The van der Waals surface area contributed by atoms with Gasteiger partial charge in [-0.1, -0.05) is 122 Å². The average molecular weight is 741 g/mol. The van der Waals surface area contributed by atoms with Crippen molar-refractivity contribution in [1.82, 2.24) is 19.5 Å². The fourth-order valence-electron chi connectivity index (χ4n) is 5.98. The summed E-state index contributed by atoms with van der Waals surface area (Å²) in [6.07, 6.45) is 21.9. The van der Waals surface area contributed by atoms with Crippen LogP contribution in [0.25, 0.3) is 11.2 Å². The van der Waals surface area contributed by atoms with Gasteiger partial charge in [-0.2, -0.15) is 21.7 Å². The number of imidazole rings is 1. The lowest BCUT2D eigenvalue weighted by atomic mass is 10.0. The van der Waals surface area contributed by atoms with Crippen LogP contribution in [-0.4, -0.2) is 62.1 Å². The van der Waals surface area contributed by atoms with E-state index in [9.17, 15) is 14.4 Å². The Labute approximate surface area is 314 Å². The van der Waals surface area contributed by atoms with Gasteiger partial charge in [0.1, 0.15) is 12.1 Å². The van der Waals surface area contributed by atoms with Crippen LogP contribution in [0.4, 0.5) is 17.5 Å². The van der Waals surface area contributed by atoms with Gasteiger partial charge in [-0.3, -0.25) is 14.2 Å². The number of nitrogens with one attached hydrogen (secondary N) is 3. The number of nitrogen functional groups attached to an aromatic ring is 1. The number of rotatable bonds is 29. The van der Waals surface area contributed by atoms with E-state index in [-0.39, 0.29) is 29.9 Å². The fourth-order valence-corrected chi connectivity index (χ4v) is 6.75. The predicted molar refractivity (Wildman–Crippen MR) is 216 cm³/mol. The first-order valence-corrected chi connectivity index (χ1v) is 20.9. The van der Waals surface area contributed by atoms with E-state index in [0.29, 0.717) is 53.9 Å². The van der Waals surface area contributed by atoms with Gasteiger partial charge in [-0.15, -0.1) is 0 Å². The number of hydrogen-bond donors (Lipinski definition) is 5. The quantitative estimate of drug-likeness (QED) is 0.0348. The van der Waals surface area contributed by atoms with Gasteiger partial charge in [-0.05, 0) is 30.5 Å². The third-order valence-electron chi connectivity index (χ3n) is 9.14. The number of nitrogens with two attached hydrogens (primary N) is 2. The van der Waals surface area contributed by atoms with Crippen molar-refractivity contribution in [2.45, 2.75) is 142 Å². The highest BCUT2D eigenvalue weighted by Crippen LogP contribution is 2.19. The Bertz CT molecular complexity index is 1510. The van der Waals surface area contributed by atoms with E-state index >= 15 is 0 Å². The zero-order valence-corrected chi connectivity index (χ0v) is 32.5. The first kappa shape index (κ1) is 42.8. The Kier molecular flexibility index (Phi) is 20.9. The Morgan fingerprint density at radius 3 is 2.08 bits per heavy atom. The van der Waals surface area contributed by atoms with Crippen molar-refractivity contribution in [3.05, 3.63) is 40.3 Å². The maximum Gasteiger partial charge on any atom is 0.328 e. The van der Waals surface area contributed by atoms with Crippen LogP contribution in [0.1, 0.15) is 135 Å². The molecule has 0 fully saturated rings. The van der Waals surface area contributed by atoms with Crippen molar-refractivity contribution in [2.75, 3.05) is 41.0 Å². The number of carbonyl (C=O) groups is 2. The summed E-state index contributed by atoms with van der Waals surface area (Å²) in [4.78, 5) is 49.0. The number of thioether (sulfide) groups is 1. The summed E-state index contributed by atoms with van der Waals surface area (Å²) in [6, 6.07) is 6.49. The molecule has 12 nitrogen and oxygen atoms in total. The van der Waals surface area contributed by atoms with Crippen LogP contribution in [0.3, 0.4) is 0 Å². The molecule has 1 amide bonds. The van der Waals surface area contributed by atoms with Gasteiger partial charge < -0.3 is 31.8 Å². The summed E-state index contributed by atoms with van der Waals surface area (Å²) < 4.78 is 6.88. The molecule has 3 aromatic rings. The molecule has 0 bridgehead atoms. The van der Waals surface area contributed by atoms with Crippen molar-refractivity contribution >= 4 is 52.3 Å². The zero-order chi connectivity index (χ0) is 37.4. The summed E-state index contributed by atoms with van der Waals surface area (Å²) >= 11 is 1.48. The molecule has 3 rings (SSSR count). The Balaban J connectivity index is 1.23. The molecular formula is C39H64N8O4S. The number of unbranched alkanes of at least 4 members (excludes halogenated alkanes) is 15. The molecule has 0 saturated heterocycles. The number of fused-ring (bicyclic) bond motifs is 1. The number of aromatic nitrogens is 4. The van der Waals surface area contributed by atoms with Crippen molar-refractivity contribution in [3.63, 3.8) is 0 Å². The number of H-pyrrole nitrogens is 1. The Morgan fingerprint density at radius 2 is 1.46 bits per heavy atom. The third kappa shape index (κ3) is 16.4. The Hall–Kier alpha value is -3.58. The molecule has 2 aromatic heterocycles. The van der Waals surface area contributed by atoms with Crippen LogP contribution in [0, 0.1) is 0 Å². The van der Waals surface area contributed by atoms with E-state index in [4.69, 9.17) is 16.2 Å². The van der Waals surface area contributed by atoms with Crippen molar-refractivity contribution in [1.29, 1.82) is 0 Å². The van der Waals surface area contributed by atoms with Crippen LogP contribution >= 0.6 is 11.8 Å². The second kappa shape index (κ2) is 25.4. The number of esters is 1. The molecule has 290 valence electrons. The van der Waals surface area contributed by atoms with Crippen LogP contribution in [0.15, 0.2) is 29.1 Å². The molecule has 0 saturated carbocycles. The van der Waals surface area contributed by atoms with Gasteiger partial charge in [0, 0.05) is 30.2 Å². The normalized spacial score (nSPS) is 11.9. The standard InChI is InChI=1S/C39H64N8O4S/c1-3-5-7-8-9-10-11-12-13-14-15-16-17-18-19-20-33(48)51-26-27-52-29-32(40)37(49)43-31-23-21-30(22-24-31)28-47-36-34(44-39(47)50)35(41)45-38(46-36)42-25-6-4-2/h21-24,32H,3-20,25-29,40H2,1-2H3,(H,43,49)(H,44,50)(H3,41,42,45,46)/t32-/m0/s1. The molecule has 0 radical (unpaired) electrons. The van der Waals surface area contributed by atoms with Crippen LogP contribution < -0.4 is 27.8 Å². The molecule has 1 atom stereocenters. The molecule has 0 spiro atoms. The van der Waals surface area contributed by atoms with Gasteiger partial charge >= 0.3 is 11.7 Å². The number of benzene rings is 1. The number of amides is 1. The lowest BCUT2D eigenvalue weighted by Gasteiger charge is -2.13. The SMILES string of the molecule is CCCCCCCCCCCCCCCCCC(=O)OCCSC[C@H](N)C(=O)Nc1ccc(Cn2c(=O)[nH]c3c(N)nc(NCCCC)nc32)cc1. The first-order valence-electron chi connectivity index (χ1n) is 19.7. The summed E-state index contributed by atoms with van der Waals surface area (Å²) in [6.45, 7) is 5.65. The van der Waals surface area contributed by atoms with E-state index in [0.717, 1.165) is 31.2 Å². The minimum atomic E-state index is -0.712. The predicted octanol–water partition coefficient (Wildman–Crippen LogP) is 7.77. The van der Waals surface area contributed by atoms with Crippen molar-refractivity contribution < 1.29 is 14.3 Å². The lowest BCUT2D eigenvalue weighted by Crippen LogP contribution is -2.37. The fraction of sp³-hybridized carbons (Fsp3) is 0.667. The maximum atomic E-state index is 12.7. The van der Waals surface area contributed by atoms with Gasteiger partial charge in [0.15, 0.2) is 11.5 Å². The minimum Gasteiger partial charge on any atom is -0.465 e. The van der Waals surface area contributed by atoms with E-state index in [1.165, 1.54) is 99.8 Å². The van der Waals surface area contributed by atoms with Crippen LogP contribution in [0.5, 0.6) is 0 Å². The number of nitrogens with zero attached hydrogens (tertiary/aromatic N) is 3. The molecular weight excluding hydrogens is 677 g/mol. The van der Waals surface area contributed by atoms with Gasteiger partial charge in [0.25, 0.3) is 0 Å². The molecule has 1 aromatic carbocycles.